The van der Waals surface area contributed by atoms with E-state index in [0.717, 1.165) is 33.7 Å². The van der Waals surface area contributed by atoms with Gasteiger partial charge in [-0.25, -0.2) is 4.99 Å². The van der Waals surface area contributed by atoms with Crippen molar-refractivity contribution < 1.29 is 9.53 Å². The Morgan fingerprint density at radius 1 is 1.18 bits per heavy atom. The molecule has 0 aliphatic carbocycles. The Kier molecular flexibility index (Phi) is 4.20. The Balaban J connectivity index is 1.91. The summed E-state index contributed by atoms with van der Waals surface area (Å²) in [6.45, 7) is 0. The van der Waals surface area contributed by atoms with Gasteiger partial charge in [0.1, 0.15) is 11.6 Å². The molecule has 0 atom stereocenters. The lowest BCUT2D eigenvalue weighted by Crippen LogP contribution is -2.18. The van der Waals surface area contributed by atoms with Crippen LogP contribution in [0.2, 0.25) is 0 Å². The van der Waals surface area contributed by atoms with Crippen molar-refractivity contribution in [3.05, 3.63) is 59.3 Å². The number of nitrogens with one attached hydrogen (secondary N) is 1. The van der Waals surface area contributed by atoms with Gasteiger partial charge in [-0.15, -0.1) is 0 Å². The number of benzene rings is 1. The van der Waals surface area contributed by atoms with E-state index >= 15 is 0 Å². The smallest absolute Gasteiger partial charge is 0.289 e. The van der Waals surface area contributed by atoms with Crippen molar-refractivity contribution >= 4 is 34.6 Å². The Hall–Kier alpha value is -2.60. The van der Waals surface area contributed by atoms with Gasteiger partial charge in [-0.05, 0) is 59.8 Å². The number of hydrogen-bond donors (Lipinski definition) is 1. The molecule has 2 heterocycles. The second kappa shape index (κ2) is 6.44. The summed E-state index contributed by atoms with van der Waals surface area (Å²) in [6.07, 6.45) is 5.33. The minimum Gasteiger partial charge on any atom is -0.497 e. The number of amides is 1. The van der Waals surface area contributed by atoms with Crippen LogP contribution in [-0.4, -0.2) is 23.2 Å². The van der Waals surface area contributed by atoms with Gasteiger partial charge in [0, 0.05) is 12.4 Å². The van der Waals surface area contributed by atoms with E-state index in [4.69, 9.17) is 4.74 Å². The molecular formula is C16H13N3O2S. The summed E-state index contributed by atoms with van der Waals surface area (Å²) in [7, 11) is 1.62. The van der Waals surface area contributed by atoms with Gasteiger partial charge in [-0.2, -0.15) is 0 Å². The van der Waals surface area contributed by atoms with Crippen molar-refractivity contribution in [1.82, 2.24) is 10.3 Å². The van der Waals surface area contributed by atoms with Crippen LogP contribution in [0.15, 0.2) is 58.7 Å². The van der Waals surface area contributed by atoms with Crippen LogP contribution < -0.4 is 10.1 Å². The van der Waals surface area contributed by atoms with Gasteiger partial charge in [0.05, 0.1) is 17.7 Å². The van der Waals surface area contributed by atoms with Crippen molar-refractivity contribution in [1.29, 1.82) is 0 Å². The minimum atomic E-state index is -0.132. The van der Waals surface area contributed by atoms with Crippen molar-refractivity contribution in [2.75, 3.05) is 7.11 Å². The lowest BCUT2D eigenvalue weighted by atomic mass is 10.2. The summed E-state index contributed by atoms with van der Waals surface area (Å²) in [5.74, 6) is 1.32. The summed E-state index contributed by atoms with van der Waals surface area (Å²) < 4.78 is 5.12. The van der Waals surface area contributed by atoms with Crippen molar-refractivity contribution in [3.8, 4) is 5.75 Å². The van der Waals surface area contributed by atoms with Crippen LogP contribution in [0.3, 0.4) is 0 Å². The van der Waals surface area contributed by atoms with Crippen LogP contribution in [0, 0.1) is 0 Å². The number of aliphatic imine (C=N–C) groups is 1. The minimum absolute atomic E-state index is 0.132. The standard InChI is InChI=1S/C16H13N3O2S/c1-21-13-4-2-12(3-5-13)18-15-14(22-16(20)19-15)10-11-6-8-17-9-7-11/h2-10H,1H3,(H,18,19,20)/b14-10-. The first kappa shape index (κ1) is 14.3. The molecule has 3 rings (SSSR count). The zero-order valence-corrected chi connectivity index (χ0v) is 12.6. The normalized spacial score (nSPS) is 17.8. The molecule has 1 fully saturated rings. The fourth-order valence-electron chi connectivity index (χ4n) is 1.91. The maximum atomic E-state index is 11.6. The van der Waals surface area contributed by atoms with Crippen LogP contribution in [0.25, 0.3) is 6.08 Å². The molecule has 22 heavy (non-hydrogen) atoms. The van der Waals surface area contributed by atoms with E-state index in [9.17, 15) is 4.79 Å². The van der Waals surface area contributed by atoms with Gasteiger partial charge in [-0.3, -0.25) is 9.78 Å². The van der Waals surface area contributed by atoms with E-state index in [1.165, 1.54) is 0 Å². The highest BCUT2D eigenvalue weighted by Crippen LogP contribution is 2.28. The Morgan fingerprint density at radius 2 is 1.91 bits per heavy atom. The fraction of sp³-hybridized carbons (Fsp3) is 0.0625. The van der Waals surface area contributed by atoms with E-state index in [-0.39, 0.29) is 5.24 Å². The number of carbonyl (C=O) groups excluding carboxylic acids is 1. The third-order valence-electron chi connectivity index (χ3n) is 2.97. The van der Waals surface area contributed by atoms with E-state index in [1.807, 2.05) is 42.5 Å². The number of amidine groups is 1. The molecule has 0 spiro atoms. The van der Waals surface area contributed by atoms with Gasteiger partial charge >= 0.3 is 0 Å². The Labute approximate surface area is 132 Å². The molecule has 0 saturated carbocycles. The van der Waals surface area contributed by atoms with Crippen LogP contribution in [0.5, 0.6) is 5.75 Å². The highest BCUT2D eigenvalue weighted by molar-refractivity contribution is 8.18. The molecule has 1 aliphatic rings. The van der Waals surface area contributed by atoms with Gasteiger partial charge in [0.2, 0.25) is 0 Å². The lowest BCUT2D eigenvalue weighted by Gasteiger charge is -2.02. The average Bonchev–Trinajstić information content (AvgIpc) is 2.88. The number of hydrogen-bond acceptors (Lipinski definition) is 5. The van der Waals surface area contributed by atoms with Gasteiger partial charge in [0.15, 0.2) is 0 Å². The van der Waals surface area contributed by atoms with E-state index in [2.05, 4.69) is 15.3 Å². The quantitative estimate of drug-likeness (QED) is 0.940. The Bertz CT molecular complexity index is 740. The molecule has 1 aliphatic heterocycles. The van der Waals surface area contributed by atoms with Crippen LogP contribution >= 0.6 is 11.8 Å². The highest BCUT2D eigenvalue weighted by atomic mass is 32.2. The van der Waals surface area contributed by atoms with E-state index in [1.54, 1.807) is 19.5 Å². The lowest BCUT2D eigenvalue weighted by molar-refractivity contribution is 0.265. The number of pyridine rings is 1. The number of rotatable bonds is 3. The molecule has 1 aromatic heterocycles. The number of thioether (sulfide) groups is 1. The molecule has 2 aromatic rings. The first-order chi connectivity index (χ1) is 10.7. The predicted molar refractivity (Wildman–Crippen MR) is 88.4 cm³/mol. The predicted octanol–water partition coefficient (Wildman–Crippen LogP) is 3.62. The van der Waals surface area contributed by atoms with E-state index in [0.29, 0.717) is 5.84 Å². The second-order valence-electron chi connectivity index (χ2n) is 4.46. The third-order valence-corrected chi connectivity index (χ3v) is 3.79. The molecular weight excluding hydrogens is 298 g/mol. The first-order valence-corrected chi connectivity index (χ1v) is 7.40. The number of aromatic nitrogens is 1. The van der Waals surface area contributed by atoms with Crippen molar-refractivity contribution in [3.63, 3.8) is 0 Å². The molecule has 1 amide bonds. The average molecular weight is 311 g/mol. The first-order valence-electron chi connectivity index (χ1n) is 6.58. The molecule has 6 heteroatoms. The van der Waals surface area contributed by atoms with Gasteiger partial charge < -0.3 is 10.1 Å². The number of carbonyl (C=O) groups is 1. The zero-order valence-electron chi connectivity index (χ0n) is 11.8. The SMILES string of the molecule is COc1ccc(N=C2NC(=O)S/C2=C\c2ccncc2)cc1. The molecule has 0 unspecified atom stereocenters. The highest BCUT2D eigenvalue weighted by Gasteiger charge is 2.23. The monoisotopic (exact) mass is 311 g/mol. The molecule has 1 saturated heterocycles. The zero-order chi connectivity index (χ0) is 15.4. The maximum Gasteiger partial charge on any atom is 0.289 e. The van der Waals surface area contributed by atoms with Crippen LogP contribution in [0.1, 0.15) is 5.56 Å². The molecule has 110 valence electrons. The Morgan fingerprint density at radius 3 is 2.59 bits per heavy atom. The third kappa shape index (κ3) is 3.35. The summed E-state index contributed by atoms with van der Waals surface area (Å²) in [5.41, 5.74) is 1.72. The summed E-state index contributed by atoms with van der Waals surface area (Å²) in [4.78, 5) is 20.9. The topological polar surface area (TPSA) is 63.6 Å². The molecule has 1 N–H and O–H groups in total. The molecule has 0 bridgehead atoms. The van der Waals surface area contributed by atoms with Gasteiger partial charge in [0.25, 0.3) is 5.24 Å². The number of ether oxygens (including phenoxy) is 1. The van der Waals surface area contributed by atoms with Gasteiger partial charge in [-0.1, -0.05) is 0 Å². The maximum absolute atomic E-state index is 11.6. The summed E-state index contributed by atoms with van der Waals surface area (Å²) >= 11 is 1.13. The molecule has 1 aromatic carbocycles. The number of methoxy groups -OCH3 is 1. The molecule has 0 radical (unpaired) electrons. The van der Waals surface area contributed by atoms with Crippen LogP contribution in [-0.2, 0) is 0 Å². The fourth-order valence-corrected chi connectivity index (χ4v) is 2.65. The van der Waals surface area contributed by atoms with Crippen molar-refractivity contribution in [2.45, 2.75) is 0 Å². The number of nitrogens with zero attached hydrogens (tertiary/aromatic N) is 2. The second-order valence-corrected chi connectivity index (χ2v) is 5.48. The van der Waals surface area contributed by atoms with Crippen LogP contribution in [0.4, 0.5) is 10.5 Å². The molecule has 5 nitrogen and oxygen atoms in total. The van der Waals surface area contributed by atoms with Crippen molar-refractivity contribution in [2.24, 2.45) is 4.99 Å². The summed E-state index contributed by atoms with van der Waals surface area (Å²) in [6, 6.07) is 11.1. The summed E-state index contributed by atoms with van der Waals surface area (Å²) in [5, 5.41) is 2.63. The van der Waals surface area contributed by atoms with E-state index < -0.39 is 0 Å². The largest absolute Gasteiger partial charge is 0.497 e.